The van der Waals surface area contributed by atoms with Crippen molar-refractivity contribution in [2.75, 3.05) is 12.4 Å². The van der Waals surface area contributed by atoms with E-state index in [0.717, 1.165) is 5.56 Å². The molecule has 6 nitrogen and oxygen atoms in total. The van der Waals surface area contributed by atoms with Crippen molar-refractivity contribution in [1.29, 1.82) is 0 Å². The van der Waals surface area contributed by atoms with Crippen LogP contribution in [0.1, 0.15) is 44.7 Å². The van der Waals surface area contributed by atoms with Gasteiger partial charge in [-0.25, -0.2) is 4.79 Å². The first-order valence-electron chi connectivity index (χ1n) is 7.09. The number of rotatable bonds is 4. The molecule has 0 saturated carbocycles. The van der Waals surface area contributed by atoms with Gasteiger partial charge in [0.25, 0.3) is 0 Å². The van der Waals surface area contributed by atoms with Gasteiger partial charge in [0.05, 0.1) is 13.0 Å². The molecule has 122 valence electrons. The summed E-state index contributed by atoms with van der Waals surface area (Å²) in [6.45, 7) is 7.27. The Labute approximate surface area is 131 Å². The maximum absolute atomic E-state index is 11.9. The van der Waals surface area contributed by atoms with E-state index in [4.69, 9.17) is 15.2 Å². The molecule has 0 aromatic heterocycles. The molecule has 0 saturated heterocycles. The monoisotopic (exact) mass is 308 g/mol. The Morgan fingerprint density at radius 3 is 2.45 bits per heavy atom. The highest BCUT2D eigenvalue weighted by Crippen LogP contribution is 2.27. The van der Waals surface area contributed by atoms with Crippen molar-refractivity contribution in [3.05, 3.63) is 29.3 Å². The molecule has 0 spiro atoms. The summed E-state index contributed by atoms with van der Waals surface area (Å²) < 4.78 is 9.99. The van der Waals surface area contributed by atoms with Crippen LogP contribution in [-0.4, -0.2) is 24.8 Å². The van der Waals surface area contributed by atoms with E-state index in [9.17, 15) is 9.59 Å². The Morgan fingerprint density at radius 2 is 1.95 bits per heavy atom. The second-order valence-corrected chi connectivity index (χ2v) is 5.95. The van der Waals surface area contributed by atoms with Gasteiger partial charge in [0, 0.05) is 12.2 Å². The van der Waals surface area contributed by atoms with Gasteiger partial charge < -0.3 is 15.2 Å². The summed E-state index contributed by atoms with van der Waals surface area (Å²) >= 11 is 0. The van der Waals surface area contributed by atoms with Gasteiger partial charge in [-0.1, -0.05) is 12.1 Å². The van der Waals surface area contributed by atoms with Gasteiger partial charge in [0.2, 0.25) is 0 Å². The molecule has 0 aliphatic rings. The number of carbonyl (C=O) groups is 2. The summed E-state index contributed by atoms with van der Waals surface area (Å²) in [6, 6.07) is 5.27. The molecular weight excluding hydrogens is 284 g/mol. The van der Waals surface area contributed by atoms with Gasteiger partial charge in [-0.2, -0.15) is 0 Å². The van der Waals surface area contributed by atoms with Gasteiger partial charge in [-0.3, -0.25) is 10.1 Å². The highest BCUT2D eigenvalue weighted by atomic mass is 16.6. The molecule has 0 fully saturated rings. The number of carbonyl (C=O) groups excluding carboxylic acids is 2. The van der Waals surface area contributed by atoms with Crippen LogP contribution in [-0.2, 0) is 20.8 Å². The molecule has 6 heteroatoms. The zero-order chi connectivity index (χ0) is 16.9. The number of hydrogen-bond acceptors (Lipinski definition) is 5. The quantitative estimate of drug-likeness (QED) is 0.835. The Morgan fingerprint density at radius 1 is 1.32 bits per heavy atom. The minimum Gasteiger partial charge on any atom is -0.469 e. The summed E-state index contributed by atoms with van der Waals surface area (Å²) in [5.74, 6) is -0.826. The normalized spacial score (nSPS) is 12.5. The smallest absolute Gasteiger partial charge is 0.412 e. The maximum Gasteiger partial charge on any atom is 0.412 e. The first-order valence-corrected chi connectivity index (χ1v) is 7.09. The third-order valence-corrected chi connectivity index (χ3v) is 3.07. The average Bonchev–Trinajstić information content (AvgIpc) is 2.43. The van der Waals surface area contributed by atoms with E-state index in [-0.39, 0.29) is 12.5 Å². The molecule has 0 aliphatic heterocycles. The summed E-state index contributed by atoms with van der Waals surface area (Å²) in [7, 11) is 1.34. The Bertz CT molecular complexity index is 550. The van der Waals surface area contributed by atoms with E-state index in [1.54, 1.807) is 45.9 Å². The molecule has 22 heavy (non-hydrogen) atoms. The zero-order valence-electron chi connectivity index (χ0n) is 13.7. The van der Waals surface area contributed by atoms with Crippen molar-refractivity contribution in [3.8, 4) is 0 Å². The van der Waals surface area contributed by atoms with E-state index in [0.29, 0.717) is 11.3 Å². The minimum absolute atomic E-state index is 0.183. The molecule has 1 amide bonds. The number of methoxy groups -OCH3 is 1. The van der Waals surface area contributed by atoms with Crippen LogP contribution in [0.4, 0.5) is 10.5 Å². The number of ether oxygens (including phenoxy) is 2. The Hall–Kier alpha value is -2.08. The van der Waals surface area contributed by atoms with Crippen LogP contribution >= 0.6 is 0 Å². The Kier molecular flexibility index (Phi) is 5.93. The molecule has 1 rings (SSSR count). The lowest BCUT2D eigenvalue weighted by molar-refractivity contribution is -0.142. The highest BCUT2D eigenvalue weighted by molar-refractivity contribution is 5.87. The zero-order valence-corrected chi connectivity index (χ0v) is 13.7. The van der Waals surface area contributed by atoms with Crippen molar-refractivity contribution in [1.82, 2.24) is 0 Å². The third kappa shape index (κ3) is 4.73. The third-order valence-electron chi connectivity index (χ3n) is 3.07. The van der Waals surface area contributed by atoms with E-state index in [1.165, 1.54) is 7.11 Å². The summed E-state index contributed by atoms with van der Waals surface area (Å²) in [4.78, 5) is 23.6. The maximum atomic E-state index is 11.9. The lowest BCUT2D eigenvalue weighted by Gasteiger charge is -2.21. The lowest BCUT2D eigenvalue weighted by atomic mass is 9.94. The van der Waals surface area contributed by atoms with Crippen LogP contribution in [0.15, 0.2) is 18.2 Å². The lowest BCUT2D eigenvalue weighted by Crippen LogP contribution is -2.28. The number of amides is 1. The fraction of sp³-hybridized carbons (Fsp3) is 0.500. The van der Waals surface area contributed by atoms with Crippen LogP contribution in [0.25, 0.3) is 0 Å². The molecule has 1 aromatic rings. The molecule has 0 aliphatic carbocycles. The van der Waals surface area contributed by atoms with Crippen LogP contribution < -0.4 is 11.1 Å². The minimum atomic E-state index is -0.593. The van der Waals surface area contributed by atoms with E-state index in [2.05, 4.69) is 5.32 Å². The molecule has 0 bridgehead atoms. The van der Waals surface area contributed by atoms with E-state index < -0.39 is 17.6 Å². The fourth-order valence-electron chi connectivity index (χ4n) is 2.07. The molecule has 0 heterocycles. The number of nitrogens with one attached hydrogen (secondary N) is 1. The molecule has 1 unspecified atom stereocenters. The van der Waals surface area contributed by atoms with Crippen LogP contribution in [0.3, 0.4) is 0 Å². The standard InChI is InChI=1S/C16H24N2O4/c1-10(14(19)21-5)11-7-6-8-13(12(11)9-17)18-15(20)22-16(2,3)4/h6-8,10H,9,17H2,1-5H3,(H,18,20). The van der Waals surface area contributed by atoms with Gasteiger partial charge in [0.1, 0.15) is 5.60 Å². The van der Waals surface area contributed by atoms with E-state index >= 15 is 0 Å². The summed E-state index contributed by atoms with van der Waals surface area (Å²) in [5, 5.41) is 2.68. The summed E-state index contributed by atoms with van der Waals surface area (Å²) in [5.41, 5.74) is 7.14. The van der Waals surface area contributed by atoms with Gasteiger partial charge in [0.15, 0.2) is 0 Å². The largest absolute Gasteiger partial charge is 0.469 e. The Balaban J connectivity index is 3.07. The number of hydrogen-bond donors (Lipinski definition) is 2. The number of benzene rings is 1. The highest BCUT2D eigenvalue weighted by Gasteiger charge is 2.22. The van der Waals surface area contributed by atoms with Crippen LogP contribution in [0.2, 0.25) is 0 Å². The van der Waals surface area contributed by atoms with Gasteiger partial charge in [-0.05, 0) is 44.9 Å². The topological polar surface area (TPSA) is 90.6 Å². The second-order valence-electron chi connectivity index (χ2n) is 5.95. The van der Waals surface area contributed by atoms with Crippen molar-refractivity contribution < 1.29 is 19.1 Å². The van der Waals surface area contributed by atoms with E-state index in [1.807, 2.05) is 0 Å². The van der Waals surface area contributed by atoms with Crippen LogP contribution in [0, 0.1) is 0 Å². The number of esters is 1. The number of nitrogens with two attached hydrogens (primary N) is 1. The van der Waals surface area contributed by atoms with Gasteiger partial charge >= 0.3 is 12.1 Å². The van der Waals surface area contributed by atoms with Crippen molar-refractivity contribution in [2.24, 2.45) is 5.73 Å². The molecule has 3 N–H and O–H groups in total. The number of anilines is 1. The fourth-order valence-corrected chi connectivity index (χ4v) is 2.07. The average molecular weight is 308 g/mol. The van der Waals surface area contributed by atoms with Crippen molar-refractivity contribution in [2.45, 2.75) is 45.8 Å². The first kappa shape index (κ1) is 18.0. The molecular formula is C16H24N2O4. The molecule has 0 radical (unpaired) electrons. The summed E-state index contributed by atoms with van der Waals surface area (Å²) in [6.07, 6.45) is -0.565. The second kappa shape index (κ2) is 7.26. The first-order chi connectivity index (χ1) is 10.2. The van der Waals surface area contributed by atoms with Crippen molar-refractivity contribution in [3.63, 3.8) is 0 Å². The van der Waals surface area contributed by atoms with Gasteiger partial charge in [-0.15, -0.1) is 0 Å². The predicted molar refractivity (Wildman–Crippen MR) is 84.6 cm³/mol. The molecule has 1 aromatic carbocycles. The van der Waals surface area contributed by atoms with Crippen molar-refractivity contribution >= 4 is 17.7 Å². The SMILES string of the molecule is COC(=O)C(C)c1cccc(NC(=O)OC(C)(C)C)c1CN. The predicted octanol–water partition coefficient (Wildman–Crippen LogP) is 2.77. The molecule has 1 atom stereocenters. The van der Waals surface area contributed by atoms with Crippen LogP contribution in [0.5, 0.6) is 0 Å².